The Labute approximate surface area is 105 Å². The second-order valence-electron chi connectivity index (χ2n) is 4.67. The van der Waals surface area contributed by atoms with E-state index in [0.29, 0.717) is 0 Å². The zero-order valence-electron chi connectivity index (χ0n) is 9.84. The fourth-order valence-corrected chi connectivity index (χ4v) is 4.56. The van der Waals surface area contributed by atoms with Crippen LogP contribution in [0, 0.1) is 0 Å². The van der Waals surface area contributed by atoms with Crippen molar-refractivity contribution in [1.82, 2.24) is 0 Å². The van der Waals surface area contributed by atoms with E-state index < -0.39 is 0 Å². The van der Waals surface area contributed by atoms with Gasteiger partial charge in [0, 0.05) is 11.3 Å². The Hall–Kier alpha value is -1.13. The Morgan fingerprint density at radius 2 is 1.06 bits per heavy atom. The lowest BCUT2D eigenvalue weighted by atomic mass is 10.0. The Morgan fingerprint density at radius 1 is 0.647 bits per heavy atom. The molecule has 0 unspecified atom stereocenters. The van der Waals surface area contributed by atoms with Gasteiger partial charge in [-0.05, 0) is 24.0 Å². The standard InChI is InChI=1S/C16H17P/c1-3-7-13(8-4-1)15-11-12-16(17-15)14-9-5-2-6-10-14/h1-10,15-17H,11-12H2/t15-,16-/m0/s1. The van der Waals surface area contributed by atoms with Crippen LogP contribution in [-0.4, -0.2) is 0 Å². The van der Waals surface area contributed by atoms with E-state index in [-0.39, 0.29) is 0 Å². The van der Waals surface area contributed by atoms with Gasteiger partial charge >= 0.3 is 0 Å². The summed E-state index contributed by atoms with van der Waals surface area (Å²) in [5.74, 6) is 0. The molecule has 0 aromatic heterocycles. The number of hydrogen-bond donors (Lipinski definition) is 0. The highest BCUT2D eigenvalue weighted by molar-refractivity contribution is 7.39. The highest BCUT2D eigenvalue weighted by Crippen LogP contribution is 2.57. The van der Waals surface area contributed by atoms with Crippen LogP contribution in [0.4, 0.5) is 0 Å². The predicted octanol–water partition coefficient (Wildman–Crippen LogP) is 4.94. The number of hydrogen-bond acceptors (Lipinski definition) is 0. The Balaban J connectivity index is 1.75. The van der Waals surface area contributed by atoms with Crippen LogP contribution in [0.15, 0.2) is 60.7 Å². The summed E-state index contributed by atoms with van der Waals surface area (Å²) in [6.07, 6.45) is 2.70. The molecule has 1 saturated heterocycles. The van der Waals surface area contributed by atoms with Gasteiger partial charge in [0.15, 0.2) is 0 Å². The van der Waals surface area contributed by atoms with Crippen molar-refractivity contribution in [2.45, 2.75) is 24.2 Å². The number of rotatable bonds is 2. The summed E-state index contributed by atoms with van der Waals surface area (Å²) in [6.45, 7) is 0. The fourth-order valence-electron chi connectivity index (χ4n) is 2.64. The van der Waals surface area contributed by atoms with E-state index in [0.717, 1.165) is 19.9 Å². The van der Waals surface area contributed by atoms with E-state index >= 15 is 0 Å². The molecule has 0 nitrogen and oxygen atoms in total. The van der Waals surface area contributed by atoms with Crippen LogP contribution < -0.4 is 0 Å². The van der Waals surface area contributed by atoms with Crippen molar-refractivity contribution in [2.24, 2.45) is 0 Å². The Morgan fingerprint density at radius 3 is 1.47 bits per heavy atom. The lowest BCUT2D eigenvalue weighted by Gasteiger charge is -2.12. The van der Waals surface area contributed by atoms with Gasteiger partial charge in [-0.25, -0.2) is 0 Å². The highest BCUT2D eigenvalue weighted by atomic mass is 31.1. The molecule has 0 spiro atoms. The molecule has 17 heavy (non-hydrogen) atoms. The Bertz CT molecular complexity index is 418. The second-order valence-corrected chi connectivity index (χ2v) is 6.40. The first-order valence-corrected chi connectivity index (χ1v) is 7.45. The minimum Gasteiger partial charge on any atom is -0.107 e. The summed E-state index contributed by atoms with van der Waals surface area (Å²) >= 11 is 0. The van der Waals surface area contributed by atoms with Crippen molar-refractivity contribution < 1.29 is 0 Å². The van der Waals surface area contributed by atoms with Crippen LogP contribution in [0.25, 0.3) is 0 Å². The van der Waals surface area contributed by atoms with E-state index in [1.54, 1.807) is 0 Å². The van der Waals surface area contributed by atoms with Crippen molar-refractivity contribution >= 4 is 8.58 Å². The molecule has 2 aromatic rings. The molecule has 0 bridgehead atoms. The molecule has 1 aliphatic heterocycles. The van der Waals surface area contributed by atoms with Gasteiger partial charge in [-0.15, -0.1) is 8.58 Å². The molecule has 3 rings (SSSR count). The average Bonchev–Trinajstić information content (AvgIpc) is 2.90. The largest absolute Gasteiger partial charge is 0.107 e. The maximum absolute atomic E-state index is 2.28. The molecule has 1 aliphatic rings. The van der Waals surface area contributed by atoms with Crippen LogP contribution in [0.2, 0.25) is 0 Å². The molecule has 1 fully saturated rings. The first-order chi connectivity index (χ1) is 8.43. The molecule has 2 atom stereocenters. The molecule has 0 aliphatic carbocycles. The quantitative estimate of drug-likeness (QED) is 0.652. The van der Waals surface area contributed by atoms with Crippen molar-refractivity contribution in [2.75, 3.05) is 0 Å². The van der Waals surface area contributed by atoms with Crippen molar-refractivity contribution in [3.63, 3.8) is 0 Å². The van der Waals surface area contributed by atoms with Gasteiger partial charge in [-0.3, -0.25) is 0 Å². The SMILES string of the molecule is c1ccc([C@@H]2CC[C@@H](c3ccccc3)P2)cc1. The van der Waals surface area contributed by atoms with Crippen LogP contribution in [-0.2, 0) is 0 Å². The van der Waals surface area contributed by atoms with Crippen LogP contribution >= 0.6 is 8.58 Å². The lowest BCUT2D eigenvalue weighted by Crippen LogP contribution is -1.85. The summed E-state index contributed by atoms with van der Waals surface area (Å²) in [7, 11) is 1.05. The molecule has 86 valence electrons. The summed E-state index contributed by atoms with van der Waals surface area (Å²) in [6, 6.07) is 22.0. The maximum Gasteiger partial charge on any atom is 0.00200 e. The molecule has 0 saturated carbocycles. The first kappa shape index (κ1) is 11.0. The molecule has 1 heterocycles. The topological polar surface area (TPSA) is 0 Å². The van der Waals surface area contributed by atoms with E-state index in [1.807, 2.05) is 0 Å². The summed E-state index contributed by atoms with van der Waals surface area (Å²) in [5.41, 5.74) is 4.65. The molecule has 0 amide bonds. The van der Waals surface area contributed by atoms with E-state index in [4.69, 9.17) is 0 Å². The summed E-state index contributed by atoms with van der Waals surface area (Å²) in [5, 5.41) is 0. The Kier molecular flexibility index (Phi) is 3.25. The van der Waals surface area contributed by atoms with E-state index in [1.165, 1.54) is 24.0 Å². The minimum atomic E-state index is 0.793. The van der Waals surface area contributed by atoms with E-state index in [9.17, 15) is 0 Å². The van der Waals surface area contributed by atoms with Gasteiger partial charge in [-0.2, -0.15) is 0 Å². The second kappa shape index (κ2) is 5.02. The zero-order chi connectivity index (χ0) is 11.5. The monoisotopic (exact) mass is 240 g/mol. The average molecular weight is 240 g/mol. The van der Waals surface area contributed by atoms with Gasteiger partial charge in [0.05, 0.1) is 0 Å². The molecule has 0 N–H and O–H groups in total. The third-order valence-corrected chi connectivity index (χ3v) is 5.60. The lowest BCUT2D eigenvalue weighted by molar-refractivity contribution is 0.765. The van der Waals surface area contributed by atoms with Crippen molar-refractivity contribution in [3.8, 4) is 0 Å². The normalized spacial score (nSPS) is 23.8. The summed E-state index contributed by atoms with van der Waals surface area (Å²) < 4.78 is 0. The van der Waals surface area contributed by atoms with Crippen molar-refractivity contribution in [1.29, 1.82) is 0 Å². The molecule has 2 aromatic carbocycles. The highest BCUT2D eigenvalue weighted by Gasteiger charge is 2.26. The van der Waals surface area contributed by atoms with Crippen LogP contribution in [0.3, 0.4) is 0 Å². The molecular formula is C16H17P. The number of benzene rings is 2. The van der Waals surface area contributed by atoms with Gasteiger partial charge in [0.25, 0.3) is 0 Å². The molecule has 0 radical (unpaired) electrons. The third-order valence-electron chi connectivity index (χ3n) is 3.55. The third kappa shape index (κ3) is 2.42. The maximum atomic E-state index is 2.28. The summed E-state index contributed by atoms with van der Waals surface area (Å²) in [4.78, 5) is 0. The van der Waals surface area contributed by atoms with Crippen LogP contribution in [0.1, 0.15) is 35.3 Å². The fraction of sp³-hybridized carbons (Fsp3) is 0.250. The van der Waals surface area contributed by atoms with Crippen LogP contribution in [0.5, 0.6) is 0 Å². The van der Waals surface area contributed by atoms with Gasteiger partial charge in [0.1, 0.15) is 0 Å². The van der Waals surface area contributed by atoms with Crippen molar-refractivity contribution in [3.05, 3.63) is 71.8 Å². The van der Waals surface area contributed by atoms with Gasteiger partial charge in [0.2, 0.25) is 0 Å². The molecular weight excluding hydrogens is 223 g/mol. The minimum absolute atomic E-state index is 0.793. The van der Waals surface area contributed by atoms with Gasteiger partial charge in [-0.1, -0.05) is 60.7 Å². The zero-order valence-corrected chi connectivity index (χ0v) is 10.8. The molecule has 1 heteroatoms. The predicted molar refractivity (Wildman–Crippen MR) is 75.9 cm³/mol. The van der Waals surface area contributed by atoms with E-state index in [2.05, 4.69) is 60.7 Å². The smallest absolute Gasteiger partial charge is 0.00200 e. The van der Waals surface area contributed by atoms with Gasteiger partial charge < -0.3 is 0 Å². The first-order valence-electron chi connectivity index (χ1n) is 6.29.